The Bertz CT molecular complexity index is 406. The van der Waals surface area contributed by atoms with Crippen molar-refractivity contribution in [2.45, 2.75) is 25.8 Å². The molecule has 2 rings (SSSR count). The Kier molecular flexibility index (Phi) is 4.31. The van der Waals surface area contributed by atoms with Crippen molar-refractivity contribution in [2.75, 3.05) is 18.2 Å². The van der Waals surface area contributed by atoms with Gasteiger partial charge in [-0.1, -0.05) is 30.8 Å². The van der Waals surface area contributed by atoms with Crippen LogP contribution < -0.4 is 10.1 Å². The van der Waals surface area contributed by atoms with Crippen LogP contribution >= 0.6 is 11.8 Å². The van der Waals surface area contributed by atoms with E-state index in [9.17, 15) is 0 Å². The monoisotopic (exact) mass is 250 g/mol. The zero-order valence-corrected chi connectivity index (χ0v) is 11.1. The van der Waals surface area contributed by atoms with Gasteiger partial charge in [0.2, 0.25) is 0 Å². The fourth-order valence-corrected chi connectivity index (χ4v) is 2.78. The molecule has 0 saturated carbocycles. The number of methoxy groups -OCH3 is 1. The van der Waals surface area contributed by atoms with E-state index in [1.54, 1.807) is 18.9 Å². The normalized spacial score (nSPS) is 19.6. The van der Waals surface area contributed by atoms with Crippen LogP contribution in [0.4, 0.5) is 5.69 Å². The lowest BCUT2D eigenvalue weighted by molar-refractivity contribution is 0.417. The largest absolute Gasteiger partial charge is 0.495 e. The highest BCUT2D eigenvalue weighted by atomic mass is 32.2. The lowest BCUT2D eigenvalue weighted by atomic mass is 10.2. The minimum atomic E-state index is 0.466. The van der Waals surface area contributed by atoms with Crippen molar-refractivity contribution in [1.82, 2.24) is 0 Å². The molecule has 0 spiro atoms. The Hall–Kier alpha value is -1.16. The molecular weight excluding hydrogens is 232 g/mol. The van der Waals surface area contributed by atoms with Crippen LogP contribution in [0.1, 0.15) is 19.8 Å². The van der Waals surface area contributed by atoms with Crippen molar-refractivity contribution in [3.05, 3.63) is 24.3 Å². The molecule has 0 radical (unpaired) electrons. The summed E-state index contributed by atoms with van der Waals surface area (Å²) in [5.41, 5.74) is 0.984. The molecule has 1 aromatic carbocycles. The van der Waals surface area contributed by atoms with Crippen molar-refractivity contribution >= 4 is 22.6 Å². The molecule has 0 fully saturated rings. The zero-order chi connectivity index (χ0) is 12.1. The summed E-state index contributed by atoms with van der Waals surface area (Å²) in [5.74, 6) is 1.99. The van der Waals surface area contributed by atoms with Crippen LogP contribution in [0.5, 0.6) is 5.75 Å². The fraction of sp³-hybridized carbons (Fsp3) is 0.462. The van der Waals surface area contributed by atoms with Gasteiger partial charge >= 0.3 is 0 Å². The quantitative estimate of drug-likeness (QED) is 0.893. The van der Waals surface area contributed by atoms with Crippen LogP contribution in [-0.4, -0.2) is 24.1 Å². The van der Waals surface area contributed by atoms with Gasteiger partial charge in [-0.3, -0.25) is 4.99 Å². The van der Waals surface area contributed by atoms with E-state index in [0.29, 0.717) is 6.04 Å². The summed E-state index contributed by atoms with van der Waals surface area (Å²) in [6, 6.07) is 8.39. The predicted octanol–water partition coefficient (Wildman–Crippen LogP) is 3.38. The van der Waals surface area contributed by atoms with Crippen molar-refractivity contribution in [2.24, 2.45) is 4.99 Å². The van der Waals surface area contributed by atoms with Gasteiger partial charge < -0.3 is 10.1 Å². The number of hydrogen-bond donors (Lipinski definition) is 1. The molecule has 1 unspecified atom stereocenters. The van der Waals surface area contributed by atoms with Crippen LogP contribution in [0.2, 0.25) is 0 Å². The number of hydrogen-bond acceptors (Lipinski definition) is 4. The summed E-state index contributed by atoms with van der Waals surface area (Å²) in [7, 11) is 1.69. The first-order valence-corrected chi connectivity index (χ1v) is 6.92. The third-order valence-electron chi connectivity index (χ3n) is 2.81. The second-order valence-corrected chi connectivity index (χ2v) is 5.04. The third-order valence-corrected chi connectivity index (χ3v) is 3.73. The topological polar surface area (TPSA) is 33.6 Å². The number of para-hydroxylation sites is 2. The lowest BCUT2D eigenvalue weighted by Crippen LogP contribution is -2.19. The molecule has 1 heterocycles. The number of benzene rings is 1. The summed E-state index contributed by atoms with van der Waals surface area (Å²) < 4.78 is 5.31. The average Bonchev–Trinajstić information content (AvgIpc) is 2.39. The van der Waals surface area contributed by atoms with Crippen LogP contribution in [0.25, 0.3) is 0 Å². The molecule has 3 nitrogen and oxygen atoms in total. The van der Waals surface area contributed by atoms with E-state index in [1.807, 2.05) is 24.3 Å². The van der Waals surface area contributed by atoms with Crippen molar-refractivity contribution in [3.63, 3.8) is 0 Å². The Morgan fingerprint density at radius 2 is 2.29 bits per heavy atom. The maximum absolute atomic E-state index is 5.31. The number of rotatable bonds is 3. The molecule has 17 heavy (non-hydrogen) atoms. The molecule has 0 saturated heterocycles. The first-order valence-electron chi connectivity index (χ1n) is 5.94. The molecular formula is C13H18N2OS. The van der Waals surface area contributed by atoms with E-state index in [4.69, 9.17) is 4.74 Å². The standard InChI is InChI=1S/C13H18N2OS/c1-3-10-8-9-17-13(14-10)15-11-6-4-5-7-12(11)16-2/h4-7,10H,3,8-9H2,1-2H3,(H,14,15). The van der Waals surface area contributed by atoms with E-state index < -0.39 is 0 Å². The van der Waals surface area contributed by atoms with Gasteiger partial charge in [0, 0.05) is 5.75 Å². The predicted molar refractivity (Wildman–Crippen MR) is 75.2 cm³/mol. The van der Waals surface area contributed by atoms with Gasteiger partial charge in [-0.15, -0.1) is 0 Å². The fourth-order valence-electron chi connectivity index (χ4n) is 1.79. The van der Waals surface area contributed by atoms with E-state index in [-0.39, 0.29) is 0 Å². The van der Waals surface area contributed by atoms with Gasteiger partial charge in [-0.2, -0.15) is 0 Å². The summed E-state index contributed by atoms with van der Waals surface area (Å²) >= 11 is 1.78. The molecule has 4 heteroatoms. The van der Waals surface area contributed by atoms with Crippen LogP contribution in [-0.2, 0) is 0 Å². The van der Waals surface area contributed by atoms with Crippen LogP contribution in [0, 0.1) is 0 Å². The first kappa shape index (κ1) is 12.3. The number of aliphatic imine (C=N–C) groups is 1. The van der Waals surface area contributed by atoms with E-state index in [0.717, 1.165) is 28.8 Å². The molecule has 92 valence electrons. The minimum absolute atomic E-state index is 0.466. The molecule has 1 atom stereocenters. The van der Waals surface area contributed by atoms with E-state index >= 15 is 0 Å². The molecule has 1 aliphatic rings. The second-order valence-electron chi connectivity index (χ2n) is 3.96. The number of anilines is 1. The molecule has 1 aromatic rings. The third kappa shape index (κ3) is 3.16. The summed E-state index contributed by atoms with van der Waals surface area (Å²) in [6.45, 7) is 2.19. The van der Waals surface area contributed by atoms with Crippen LogP contribution in [0.3, 0.4) is 0 Å². The maximum atomic E-state index is 5.31. The number of ether oxygens (including phenoxy) is 1. The highest BCUT2D eigenvalue weighted by molar-refractivity contribution is 8.14. The Morgan fingerprint density at radius 3 is 3.06 bits per heavy atom. The lowest BCUT2D eigenvalue weighted by Gasteiger charge is -2.20. The van der Waals surface area contributed by atoms with Crippen molar-refractivity contribution in [3.8, 4) is 5.75 Å². The van der Waals surface area contributed by atoms with Crippen molar-refractivity contribution < 1.29 is 4.74 Å². The first-order chi connectivity index (χ1) is 8.33. The minimum Gasteiger partial charge on any atom is -0.495 e. The molecule has 1 aliphatic heterocycles. The Labute approximate surface area is 107 Å². The highest BCUT2D eigenvalue weighted by Gasteiger charge is 2.14. The SMILES string of the molecule is CCC1CCSC(Nc2ccccc2OC)=N1. The molecule has 0 amide bonds. The van der Waals surface area contributed by atoms with E-state index in [2.05, 4.69) is 17.2 Å². The number of nitrogens with zero attached hydrogens (tertiary/aromatic N) is 1. The maximum Gasteiger partial charge on any atom is 0.161 e. The molecule has 0 aliphatic carbocycles. The summed E-state index contributed by atoms with van der Waals surface area (Å²) in [5, 5.41) is 4.36. The van der Waals surface area contributed by atoms with Gasteiger partial charge in [0.15, 0.2) is 5.17 Å². The Balaban J connectivity index is 2.12. The van der Waals surface area contributed by atoms with Gasteiger partial charge in [0.25, 0.3) is 0 Å². The van der Waals surface area contributed by atoms with Gasteiger partial charge in [-0.05, 0) is 25.0 Å². The number of amidine groups is 1. The molecule has 1 N–H and O–H groups in total. The number of thioether (sulfide) groups is 1. The zero-order valence-electron chi connectivity index (χ0n) is 10.3. The van der Waals surface area contributed by atoms with Crippen LogP contribution in [0.15, 0.2) is 29.3 Å². The van der Waals surface area contributed by atoms with Crippen molar-refractivity contribution in [1.29, 1.82) is 0 Å². The van der Waals surface area contributed by atoms with Gasteiger partial charge in [0.1, 0.15) is 5.75 Å². The number of nitrogens with one attached hydrogen (secondary N) is 1. The molecule has 0 aromatic heterocycles. The smallest absolute Gasteiger partial charge is 0.161 e. The second kappa shape index (κ2) is 5.96. The molecule has 0 bridgehead atoms. The van der Waals surface area contributed by atoms with E-state index in [1.165, 1.54) is 6.42 Å². The summed E-state index contributed by atoms with van der Waals surface area (Å²) in [4.78, 5) is 4.68. The Morgan fingerprint density at radius 1 is 1.47 bits per heavy atom. The summed E-state index contributed by atoms with van der Waals surface area (Å²) in [6.07, 6.45) is 2.29. The van der Waals surface area contributed by atoms with Gasteiger partial charge in [-0.25, -0.2) is 0 Å². The van der Waals surface area contributed by atoms with Gasteiger partial charge in [0.05, 0.1) is 18.8 Å². The highest BCUT2D eigenvalue weighted by Crippen LogP contribution is 2.26. The average molecular weight is 250 g/mol.